The Hall–Kier alpha value is -1.63. The first kappa shape index (κ1) is 12.8. The Bertz CT molecular complexity index is 570. The Kier molecular flexibility index (Phi) is 3.25. The molecule has 0 amide bonds. The number of sulfone groups is 1. The van der Waals surface area contributed by atoms with Crippen molar-refractivity contribution in [3.05, 3.63) is 18.3 Å². The first-order valence-electron chi connectivity index (χ1n) is 5.56. The molecule has 0 radical (unpaired) electrons. The van der Waals surface area contributed by atoms with Crippen molar-refractivity contribution in [2.24, 2.45) is 0 Å². The second-order valence-electron chi connectivity index (χ2n) is 4.29. The minimum absolute atomic E-state index is 0.0816. The third-order valence-corrected chi connectivity index (χ3v) is 4.08. The average molecular weight is 270 g/mol. The third kappa shape index (κ3) is 2.31. The zero-order valence-corrected chi connectivity index (χ0v) is 10.7. The van der Waals surface area contributed by atoms with Gasteiger partial charge in [-0.3, -0.25) is 0 Å². The van der Waals surface area contributed by atoms with Gasteiger partial charge < -0.3 is 10.0 Å². The van der Waals surface area contributed by atoms with Gasteiger partial charge in [0.15, 0.2) is 9.84 Å². The quantitative estimate of drug-likeness (QED) is 0.862. The van der Waals surface area contributed by atoms with Crippen LogP contribution in [0.4, 0.5) is 5.82 Å². The number of aliphatic carboxylic acids is 1. The molecule has 1 fully saturated rings. The average Bonchev–Trinajstić information content (AvgIpc) is 2.76. The molecule has 18 heavy (non-hydrogen) atoms. The number of carboxylic acid groups (broad SMARTS) is 1. The van der Waals surface area contributed by atoms with Crippen molar-refractivity contribution in [2.45, 2.75) is 23.8 Å². The van der Waals surface area contributed by atoms with Crippen molar-refractivity contribution in [3.8, 4) is 0 Å². The molecule has 0 bridgehead atoms. The second-order valence-corrected chi connectivity index (χ2v) is 6.27. The highest BCUT2D eigenvalue weighted by Crippen LogP contribution is 2.29. The topological polar surface area (TPSA) is 87.6 Å². The zero-order chi connectivity index (χ0) is 13.3. The van der Waals surface area contributed by atoms with Crippen LogP contribution in [0.15, 0.2) is 23.2 Å². The Labute approximate surface area is 105 Å². The summed E-state index contributed by atoms with van der Waals surface area (Å²) in [7, 11) is -3.42. The maximum absolute atomic E-state index is 11.7. The van der Waals surface area contributed by atoms with E-state index in [1.54, 1.807) is 4.90 Å². The van der Waals surface area contributed by atoms with E-state index in [0.717, 1.165) is 12.7 Å². The van der Waals surface area contributed by atoms with Crippen LogP contribution in [0, 0.1) is 0 Å². The van der Waals surface area contributed by atoms with Crippen molar-refractivity contribution in [2.75, 3.05) is 17.7 Å². The first-order chi connectivity index (χ1) is 8.41. The molecule has 6 nitrogen and oxygen atoms in total. The Balaban J connectivity index is 2.49. The minimum atomic E-state index is -3.42. The monoisotopic (exact) mass is 270 g/mol. The van der Waals surface area contributed by atoms with E-state index in [-0.39, 0.29) is 10.7 Å². The van der Waals surface area contributed by atoms with E-state index in [0.29, 0.717) is 13.0 Å². The summed E-state index contributed by atoms with van der Waals surface area (Å²) in [5.41, 5.74) is 0. The molecular formula is C11H14N2O4S. The first-order valence-corrected chi connectivity index (χ1v) is 7.45. The largest absolute Gasteiger partial charge is 0.480 e. The smallest absolute Gasteiger partial charge is 0.326 e. The van der Waals surface area contributed by atoms with E-state index >= 15 is 0 Å². The van der Waals surface area contributed by atoms with Crippen LogP contribution in [0.5, 0.6) is 0 Å². The van der Waals surface area contributed by atoms with Gasteiger partial charge in [0.2, 0.25) is 0 Å². The molecule has 2 rings (SSSR count). The maximum Gasteiger partial charge on any atom is 0.326 e. The van der Waals surface area contributed by atoms with Gasteiger partial charge in [0.25, 0.3) is 0 Å². The number of hydrogen-bond donors (Lipinski definition) is 1. The summed E-state index contributed by atoms with van der Waals surface area (Å²) < 4.78 is 23.3. The molecule has 1 N–H and O–H groups in total. The number of hydrogen-bond acceptors (Lipinski definition) is 5. The SMILES string of the molecule is CS(=O)(=O)c1cccnc1N1CCCC1C(=O)O. The Morgan fingerprint density at radius 3 is 2.89 bits per heavy atom. The fraction of sp³-hybridized carbons (Fsp3) is 0.455. The molecule has 1 unspecified atom stereocenters. The van der Waals surface area contributed by atoms with Crippen molar-refractivity contribution < 1.29 is 18.3 Å². The van der Waals surface area contributed by atoms with Crippen LogP contribution < -0.4 is 4.90 Å². The summed E-state index contributed by atoms with van der Waals surface area (Å²) in [6, 6.07) is 2.29. The van der Waals surface area contributed by atoms with Crippen molar-refractivity contribution >= 4 is 21.6 Å². The molecule has 1 aliphatic rings. The molecule has 7 heteroatoms. The number of nitrogens with zero attached hydrogens (tertiary/aromatic N) is 2. The second kappa shape index (κ2) is 4.56. The maximum atomic E-state index is 11.7. The molecule has 1 aromatic heterocycles. The van der Waals surface area contributed by atoms with E-state index in [9.17, 15) is 13.2 Å². The van der Waals surface area contributed by atoms with Crippen molar-refractivity contribution in [1.82, 2.24) is 4.98 Å². The lowest BCUT2D eigenvalue weighted by Gasteiger charge is -2.24. The molecule has 0 saturated carbocycles. The van der Waals surface area contributed by atoms with Gasteiger partial charge in [0.05, 0.1) is 0 Å². The van der Waals surface area contributed by atoms with Gasteiger partial charge in [-0.15, -0.1) is 0 Å². The van der Waals surface area contributed by atoms with E-state index < -0.39 is 21.8 Å². The Morgan fingerprint density at radius 2 is 2.28 bits per heavy atom. The van der Waals surface area contributed by atoms with Gasteiger partial charge in [-0.1, -0.05) is 0 Å². The number of rotatable bonds is 3. The van der Waals surface area contributed by atoms with Gasteiger partial charge >= 0.3 is 5.97 Å². The van der Waals surface area contributed by atoms with E-state index in [1.165, 1.54) is 18.3 Å². The standard InChI is InChI=1S/C11H14N2O4S/c1-18(16,17)9-5-2-6-12-10(9)13-7-3-4-8(13)11(14)15/h2,5-6,8H,3-4,7H2,1H3,(H,14,15). The van der Waals surface area contributed by atoms with Crippen molar-refractivity contribution in [3.63, 3.8) is 0 Å². The van der Waals surface area contributed by atoms with Gasteiger partial charge in [0.1, 0.15) is 16.8 Å². The highest BCUT2D eigenvalue weighted by Gasteiger charge is 2.33. The summed E-state index contributed by atoms with van der Waals surface area (Å²) in [6.45, 7) is 0.510. The number of carbonyl (C=O) groups is 1. The fourth-order valence-corrected chi connectivity index (χ4v) is 2.99. The summed E-state index contributed by atoms with van der Waals surface area (Å²) in [5, 5.41) is 9.12. The van der Waals surface area contributed by atoms with Crippen LogP contribution in [0.3, 0.4) is 0 Å². The molecular weight excluding hydrogens is 256 g/mol. The molecule has 0 aliphatic carbocycles. The molecule has 1 aliphatic heterocycles. The lowest BCUT2D eigenvalue weighted by atomic mass is 10.2. The fourth-order valence-electron chi connectivity index (χ4n) is 2.16. The van der Waals surface area contributed by atoms with Gasteiger partial charge in [-0.05, 0) is 25.0 Å². The molecule has 0 aromatic carbocycles. The highest BCUT2D eigenvalue weighted by atomic mass is 32.2. The van der Waals surface area contributed by atoms with Crippen LogP contribution in [0.2, 0.25) is 0 Å². The summed E-state index contributed by atoms with van der Waals surface area (Å²) in [6.07, 6.45) is 3.80. The van der Waals surface area contributed by atoms with Crippen LogP contribution in [0.25, 0.3) is 0 Å². The van der Waals surface area contributed by atoms with Gasteiger partial charge in [-0.25, -0.2) is 18.2 Å². The third-order valence-electron chi connectivity index (χ3n) is 2.96. The van der Waals surface area contributed by atoms with E-state index in [4.69, 9.17) is 5.11 Å². The molecule has 1 atom stereocenters. The van der Waals surface area contributed by atoms with E-state index in [1.807, 2.05) is 0 Å². The van der Waals surface area contributed by atoms with E-state index in [2.05, 4.69) is 4.98 Å². The molecule has 0 spiro atoms. The zero-order valence-electron chi connectivity index (χ0n) is 9.91. The van der Waals surface area contributed by atoms with Crippen molar-refractivity contribution in [1.29, 1.82) is 0 Å². The normalized spacial score (nSPS) is 20.1. The molecule has 1 saturated heterocycles. The van der Waals surface area contributed by atoms with Gasteiger partial charge in [-0.2, -0.15) is 0 Å². The van der Waals surface area contributed by atoms with Crippen LogP contribution >= 0.6 is 0 Å². The minimum Gasteiger partial charge on any atom is -0.480 e. The van der Waals surface area contributed by atoms with Crippen LogP contribution in [-0.2, 0) is 14.6 Å². The molecule has 98 valence electrons. The lowest BCUT2D eigenvalue weighted by molar-refractivity contribution is -0.138. The summed E-state index contributed by atoms with van der Waals surface area (Å²) in [5.74, 6) is -0.706. The molecule has 1 aromatic rings. The lowest BCUT2D eigenvalue weighted by Crippen LogP contribution is -2.37. The highest BCUT2D eigenvalue weighted by molar-refractivity contribution is 7.90. The predicted octanol–water partition coefficient (Wildman–Crippen LogP) is 0.539. The number of anilines is 1. The number of carboxylic acids is 1. The van der Waals surface area contributed by atoms with Crippen LogP contribution in [0.1, 0.15) is 12.8 Å². The Morgan fingerprint density at radius 1 is 1.56 bits per heavy atom. The van der Waals surface area contributed by atoms with Gasteiger partial charge in [0, 0.05) is 19.0 Å². The summed E-state index contributed by atoms with van der Waals surface area (Å²) >= 11 is 0. The van der Waals surface area contributed by atoms with Crippen LogP contribution in [-0.4, -0.2) is 43.3 Å². The molecule has 2 heterocycles. The predicted molar refractivity (Wildman–Crippen MR) is 65.4 cm³/mol. The number of pyridine rings is 1. The number of aromatic nitrogens is 1. The summed E-state index contributed by atoms with van der Waals surface area (Å²) in [4.78, 5) is 16.8.